The summed E-state index contributed by atoms with van der Waals surface area (Å²) in [6, 6.07) is 18.7. The predicted molar refractivity (Wildman–Crippen MR) is 168 cm³/mol. The second-order valence-corrected chi connectivity index (χ2v) is 11.1. The van der Waals surface area contributed by atoms with Gasteiger partial charge in [0, 0.05) is 61.7 Å². The third kappa shape index (κ3) is 6.18. The SMILES string of the molecule is O=C(Nc1ccc(Oc2ccnc3c2Oc2ccccc2N3)cc1)c1cn(CC2CCOCC2)cc(-c2cc(F)cc(F)c2)c1=O. The molecule has 0 saturated carbocycles. The van der Waals surface area contributed by atoms with Crippen molar-refractivity contribution in [2.45, 2.75) is 19.4 Å². The second-order valence-electron chi connectivity index (χ2n) is 11.1. The van der Waals surface area contributed by atoms with Crippen molar-refractivity contribution in [1.29, 1.82) is 0 Å². The largest absolute Gasteiger partial charge is 0.453 e. The molecule has 0 bridgehead atoms. The molecule has 1 saturated heterocycles. The van der Waals surface area contributed by atoms with E-state index in [0.29, 0.717) is 54.3 Å². The maximum atomic E-state index is 14.1. The highest BCUT2D eigenvalue weighted by molar-refractivity contribution is 6.04. The van der Waals surface area contributed by atoms with E-state index in [1.807, 2.05) is 24.3 Å². The van der Waals surface area contributed by atoms with Crippen LogP contribution in [0.4, 0.5) is 26.0 Å². The highest BCUT2D eigenvalue weighted by Gasteiger charge is 2.23. The van der Waals surface area contributed by atoms with Crippen molar-refractivity contribution >= 4 is 23.1 Å². The van der Waals surface area contributed by atoms with Gasteiger partial charge in [0.2, 0.25) is 11.2 Å². The van der Waals surface area contributed by atoms with Gasteiger partial charge in [-0.15, -0.1) is 0 Å². The number of hydrogen-bond donors (Lipinski definition) is 2. The van der Waals surface area contributed by atoms with Crippen LogP contribution in [-0.4, -0.2) is 28.7 Å². The van der Waals surface area contributed by atoms with Gasteiger partial charge in [0.1, 0.15) is 22.9 Å². The fourth-order valence-corrected chi connectivity index (χ4v) is 5.57. The Morgan fingerprint density at radius 2 is 1.76 bits per heavy atom. The van der Waals surface area contributed by atoms with Crippen molar-refractivity contribution in [3.8, 4) is 34.1 Å². The molecule has 46 heavy (non-hydrogen) atoms. The van der Waals surface area contributed by atoms with Crippen LogP contribution < -0.4 is 25.5 Å². The first kappa shape index (κ1) is 29.2. The normalized spacial score (nSPS) is 14.0. The zero-order valence-electron chi connectivity index (χ0n) is 24.5. The van der Waals surface area contributed by atoms with Crippen LogP contribution in [0.1, 0.15) is 23.2 Å². The summed E-state index contributed by atoms with van der Waals surface area (Å²) in [5, 5.41) is 5.99. The first-order valence-electron chi connectivity index (χ1n) is 14.8. The van der Waals surface area contributed by atoms with E-state index >= 15 is 0 Å². The number of halogens is 2. The number of carbonyl (C=O) groups is 1. The van der Waals surface area contributed by atoms with Gasteiger partial charge in [-0.2, -0.15) is 0 Å². The average molecular weight is 623 g/mol. The summed E-state index contributed by atoms with van der Waals surface area (Å²) in [6.45, 7) is 1.77. The van der Waals surface area contributed by atoms with Gasteiger partial charge in [-0.25, -0.2) is 13.8 Å². The summed E-state index contributed by atoms with van der Waals surface area (Å²) in [4.78, 5) is 31.4. The minimum Gasteiger partial charge on any atom is -0.453 e. The molecule has 11 heteroatoms. The third-order valence-electron chi connectivity index (χ3n) is 7.87. The van der Waals surface area contributed by atoms with E-state index in [0.717, 1.165) is 36.7 Å². The lowest BCUT2D eigenvalue weighted by Crippen LogP contribution is -2.26. The molecule has 4 heterocycles. The van der Waals surface area contributed by atoms with E-state index in [4.69, 9.17) is 14.2 Å². The number of nitrogens with zero attached hydrogens (tertiary/aromatic N) is 2. The van der Waals surface area contributed by atoms with E-state index in [-0.39, 0.29) is 22.6 Å². The molecule has 0 atom stereocenters. The summed E-state index contributed by atoms with van der Waals surface area (Å²) >= 11 is 0. The molecular formula is C35H28F2N4O5. The van der Waals surface area contributed by atoms with Crippen molar-refractivity contribution < 1.29 is 27.8 Å². The maximum absolute atomic E-state index is 14.1. The number of pyridine rings is 2. The van der Waals surface area contributed by atoms with Crippen LogP contribution in [0.3, 0.4) is 0 Å². The van der Waals surface area contributed by atoms with Crippen LogP contribution >= 0.6 is 0 Å². The van der Waals surface area contributed by atoms with Gasteiger partial charge < -0.3 is 29.4 Å². The van der Waals surface area contributed by atoms with Crippen molar-refractivity contribution in [3.63, 3.8) is 0 Å². The summed E-state index contributed by atoms with van der Waals surface area (Å²) in [5.74, 6) is 0.495. The quantitative estimate of drug-likeness (QED) is 0.190. The highest BCUT2D eigenvalue weighted by atomic mass is 19.1. The summed E-state index contributed by atoms with van der Waals surface area (Å²) in [6.07, 6.45) is 6.29. The van der Waals surface area contributed by atoms with Crippen LogP contribution in [-0.2, 0) is 11.3 Å². The first-order chi connectivity index (χ1) is 22.4. The lowest BCUT2D eigenvalue weighted by Gasteiger charge is -2.23. The fraction of sp³-hybridized carbons (Fsp3) is 0.171. The third-order valence-corrected chi connectivity index (χ3v) is 7.87. The molecule has 2 aliphatic rings. The maximum Gasteiger partial charge on any atom is 0.261 e. The number of benzene rings is 3. The smallest absolute Gasteiger partial charge is 0.261 e. The van der Waals surface area contributed by atoms with Gasteiger partial charge in [0.15, 0.2) is 17.3 Å². The molecule has 2 aromatic heterocycles. The Hall–Kier alpha value is -5.55. The van der Waals surface area contributed by atoms with E-state index in [9.17, 15) is 18.4 Å². The standard InChI is InChI=1S/C35H28F2N4O5/c36-23-15-22(16-24(37)17-23)27-19-41(18-21-10-13-44-14-11-21)20-28(32(27)42)35(43)39-25-5-7-26(8-6-25)45-31-9-12-38-34-33(31)46-30-4-2-1-3-29(30)40-34/h1-9,12,15-17,19-21H,10-11,13-14,18H2,(H,38,40)(H,39,43). The molecule has 0 aliphatic carbocycles. The topological polar surface area (TPSA) is 104 Å². The zero-order chi connectivity index (χ0) is 31.6. The number of rotatable bonds is 7. The Morgan fingerprint density at radius 1 is 1.00 bits per heavy atom. The van der Waals surface area contributed by atoms with Gasteiger partial charge in [0.25, 0.3) is 5.91 Å². The number of fused-ring (bicyclic) bond motifs is 2. The van der Waals surface area contributed by atoms with Crippen molar-refractivity contribution in [2.24, 2.45) is 5.92 Å². The molecule has 0 spiro atoms. The Labute approximate surface area is 262 Å². The lowest BCUT2D eigenvalue weighted by molar-refractivity contribution is 0.0612. The zero-order valence-corrected chi connectivity index (χ0v) is 24.5. The number of hydrogen-bond acceptors (Lipinski definition) is 7. The minimum atomic E-state index is -0.817. The summed E-state index contributed by atoms with van der Waals surface area (Å²) < 4.78 is 47.6. The molecule has 0 unspecified atom stereocenters. The van der Waals surface area contributed by atoms with Crippen molar-refractivity contribution in [2.75, 3.05) is 23.8 Å². The Balaban J connectivity index is 1.12. The lowest BCUT2D eigenvalue weighted by atomic mass is 9.99. The van der Waals surface area contributed by atoms with Crippen molar-refractivity contribution in [3.05, 3.63) is 119 Å². The van der Waals surface area contributed by atoms with Crippen LogP contribution in [0.15, 0.2) is 96.2 Å². The summed E-state index contributed by atoms with van der Waals surface area (Å²) in [5.41, 5.74) is 0.510. The molecule has 3 aromatic carbocycles. The van der Waals surface area contributed by atoms with Gasteiger partial charge in [-0.05, 0) is 72.9 Å². The Morgan fingerprint density at radius 3 is 2.54 bits per heavy atom. The molecule has 5 aromatic rings. The van der Waals surface area contributed by atoms with Gasteiger partial charge >= 0.3 is 0 Å². The Kier molecular flexibility index (Phi) is 7.90. The van der Waals surface area contributed by atoms with E-state index in [2.05, 4.69) is 15.6 Å². The number of nitrogens with one attached hydrogen (secondary N) is 2. The fourth-order valence-electron chi connectivity index (χ4n) is 5.57. The minimum absolute atomic E-state index is 0.0295. The number of para-hydroxylation sites is 2. The monoisotopic (exact) mass is 622 g/mol. The Bertz CT molecular complexity index is 1970. The predicted octanol–water partition coefficient (Wildman–Crippen LogP) is 7.51. The van der Waals surface area contributed by atoms with Crippen LogP contribution in [0.5, 0.6) is 23.0 Å². The number of anilines is 3. The van der Waals surface area contributed by atoms with Gasteiger partial charge in [0.05, 0.1) is 5.69 Å². The van der Waals surface area contributed by atoms with E-state index in [1.165, 1.54) is 6.20 Å². The highest BCUT2D eigenvalue weighted by Crippen LogP contribution is 2.46. The molecule has 1 amide bonds. The van der Waals surface area contributed by atoms with Crippen LogP contribution in [0.2, 0.25) is 0 Å². The molecule has 2 aliphatic heterocycles. The van der Waals surface area contributed by atoms with Gasteiger partial charge in [-0.1, -0.05) is 12.1 Å². The molecule has 232 valence electrons. The van der Waals surface area contributed by atoms with E-state index in [1.54, 1.807) is 47.3 Å². The van der Waals surface area contributed by atoms with E-state index < -0.39 is 23.0 Å². The molecule has 9 nitrogen and oxygen atoms in total. The van der Waals surface area contributed by atoms with Crippen molar-refractivity contribution in [1.82, 2.24) is 9.55 Å². The van der Waals surface area contributed by atoms with Crippen LogP contribution in [0, 0.1) is 17.6 Å². The average Bonchev–Trinajstić information content (AvgIpc) is 3.05. The van der Waals surface area contributed by atoms with Gasteiger partial charge in [-0.3, -0.25) is 9.59 Å². The number of amides is 1. The molecular weight excluding hydrogens is 594 g/mol. The summed E-state index contributed by atoms with van der Waals surface area (Å²) in [7, 11) is 0. The van der Waals surface area contributed by atoms with Crippen LogP contribution in [0.25, 0.3) is 11.1 Å². The molecule has 2 N–H and O–H groups in total. The molecule has 7 rings (SSSR count). The number of aromatic nitrogens is 2. The number of carbonyl (C=O) groups excluding carboxylic acids is 1. The number of ether oxygens (including phenoxy) is 3. The molecule has 0 radical (unpaired) electrons. The second kappa shape index (κ2) is 12.4. The first-order valence-corrected chi connectivity index (χ1v) is 14.8. The molecule has 1 fully saturated rings.